The van der Waals surface area contributed by atoms with Gasteiger partial charge in [0.25, 0.3) is 0 Å². The monoisotopic (exact) mass is 259 g/mol. The maximum Gasteiger partial charge on any atom is 1.00 e. The molecular formula is C10H18BF3KN. The molecular weight excluding hydrogens is 241 g/mol. The van der Waals surface area contributed by atoms with Crippen molar-refractivity contribution in [3.63, 3.8) is 0 Å². The van der Waals surface area contributed by atoms with Crippen molar-refractivity contribution in [1.82, 2.24) is 4.90 Å². The molecule has 0 aliphatic carbocycles. The predicted molar refractivity (Wildman–Crippen MR) is 57.7 cm³/mol. The van der Waals surface area contributed by atoms with Gasteiger partial charge in [-0.3, -0.25) is 4.90 Å². The van der Waals surface area contributed by atoms with Gasteiger partial charge in [-0.25, -0.2) is 0 Å². The van der Waals surface area contributed by atoms with Crippen LogP contribution in [0.4, 0.5) is 12.9 Å². The zero-order valence-electron chi connectivity index (χ0n) is 10.3. The summed E-state index contributed by atoms with van der Waals surface area (Å²) in [6.45, 7) is 2.29. The Hall–Kier alpha value is 1.19. The smallest absolute Gasteiger partial charge is 0.445 e. The second kappa shape index (κ2) is 6.95. The number of hydrogen-bond donors (Lipinski definition) is 0. The van der Waals surface area contributed by atoms with Crippen molar-refractivity contribution in [3.05, 3.63) is 12.1 Å². The first-order valence-corrected chi connectivity index (χ1v) is 5.49. The van der Waals surface area contributed by atoms with Crippen molar-refractivity contribution in [2.75, 3.05) is 6.54 Å². The van der Waals surface area contributed by atoms with Gasteiger partial charge in [0.05, 0.1) is 0 Å². The molecule has 1 saturated heterocycles. The van der Waals surface area contributed by atoms with Crippen LogP contribution >= 0.6 is 0 Å². The standard InChI is InChI=1S/C10H18BF3N.K/c1-4-10-6-5-9(3)15(10)7-8(2)11(12,13)14;/h9-10H,2,4-7H2,1,3H3;/q-1;+1. The molecule has 1 aliphatic heterocycles. The second-order valence-corrected chi connectivity index (χ2v) is 4.39. The third kappa shape index (κ3) is 4.46. The minimum atomic E-state index is -4.87. The van der Waals surface area contributed by atoms with Gasteiger partial charge in [-0.05, 0) is 32.7 Å². The van der Waals surface area contributed by atoms with E-state index in [9.17, 15) is 12.9 Å². The van der Waals surface area contributed by atoms with Crippen LogP contribution in [0.2, 0.25) is 0 Å². The molecule has 1 aliphatic rings. The molecule has 1 fully saturated rings. The number of hydrogen-bond acceptors (Lipinski definition) is 1. The number of nitrogens with zero attached hydrogens (tertiary/aromatic N) is 1. The molecule has 0 aromatic heterocycles. The molecule has 0 aromatic rings. The fourth-order valence-corrected chi connectivity index (χ4v) is 2.19. The molecule has 2 atom stereocenters. The molecule has 0 radical (unpaired) electrons. The Kier molecular flexibility index (Phi) is 7.46. The quantitative estimate of drug-likeness (QED) is 0.652. The van der Waals surface area contributed by atoms with Gasteiger partial charge in [0.15, 0.2) is 0 Å². The van der Waals surface area contributed by atoms with E-state index < -0.39 is 12.4 Å². The summed E-state index contributed by atoms with van der Waals surface area (Å²) in [4.78, 5) is 1.94. The predicted octanol–water partition coefficient (Wildman–Crippen LogP) is 0.196. The minimum absolute atomic E-state index is 0. The van der Waals surface area contributed by atoms with Gasteiger partial charge in [-0.15, -0.1) is 12.1 Å². The van der Waals surface area contributed by atoms with Crippen molar-refractivity contribution >= 4 is 6.98 Å². The van der Waals surface area contributed by atoms with Crippen molar-refractivity contribution in [3.8, 4) is 0 Å². The number of likely N-dealkylation sites (tertiary alicyclic amines) is 1. The van der Waals surface area contributed by atoms with Gasteiger partial charge < -0.3 is 12.9 Å². The number of rotatable bonds is 4. The Bertz CT molecular complexity index is 245. The maximum absolute atomic E-state index is 12.4. The molecule has 0 saturated carbocycles. The Morgan fingerprint density at radius 2 is 1.94 bits per heavy atom. The summed E-state index contributed by atoms with van der Waals surface area (Å²) >= 11 is 0. The molecule has 0 amide bonds. The average Bonchev–Trinajstić information content (AvgIpc) is 2.46. The molecule has 0 aromatic carbocycles. The van der Waals surface area contributed by atoms with Crippen LogP contribution in [0.25, 0.3) is 0 Å². The zero-order chi connectivity index (χ0) is 11.6. The maximum atomic E-state index is 12.4. The van der Waals surface area contributed by atoms with Crippen LogP contribution in [-0.4, -0.2) is 30.5 Å². The van der Waals surface area contributed by atoms with Crippen LogP contribution in [0.5, 0.6) is 0 Å². The van der Waals surface area contributed by atoms with Crippen molar-refractivity contribution < 1.29 is 64.3 Å². The van der Waals surface area contributed by atoms with Crippen LogP contribution in [-0.2, 0) is 0 Å². The fraction of sp³-hybridized carbons (Fsp3) is 0.800. The van der Waals surface area contributed by atoms with E-state index in [1.807, 2.05) is 18.7 Å². The first-order valence-electron chi connectivity index (χ1n) is 5.49. The molecule has 0 bridgehead atoms. The largest absolute Gasteiger partial charge is 1.00 e. The Morgan fingerprint density at radius 1 is 1.38 bits per heavy atom. The van der Waals surface area contributed by atoms with Crippen LogP contribution in [0, 0.1) is 0 Å². The summed E-state index contributed by atoms with van der Waals surface area (Å²) in [6, 6.07) is 0.555. The molecule has 6 heteroatoms. The van der Waals surface area contributed by atoms with E-state index in [1.165, 1.54) is 0 Å². The van der Waals surface area contributed by atoms with E-state index in [0.717, 1.165) is 19.3 Å². The minimum Gasteiger partial charge on any atom is -0.445 e. The van der Waals surface area contributed by atoms with Crippen LogP contribution in [0.3, 0.4) is 0 Å². The fourth-order valence-electron chi connectivity index (χ4n) is 2.19. The molecule has 1 rings (SSSR count). The van der Waals surface area contributed by atoms with Gasteiger partial charge in [0, 0.05) is 12.1 Å². The van der Waals surface area contributed by atoms with Crippen molar-refractivity contribution in [2.45, 2.75) is 45.2 Å². The summed E-state index contributed by atoms with van der Waals surface area (Å²) in [6.07, 6.45) is 2.93. The topological polar surface area (TPSA) is 3.24 Å². The summed E-state index contributed by atoms with van der Waals surface area (Å²) in [5.74, 6) is 0. The first kappa shape index (κ1) is 17.2. The van der Waals surface area contributed by atoms with Crippen LogP contribution in [0.15, 0.2) is 12.1 Å². The molecule has 16 heavy (non-hydrogen) atoms. The Balaban J connectivity index is 0.00000225. The third-order valence-electron chi connectivity index (χ3n) is 3.27. The van der Waals surface area contributed by atoms with Gasteiger partial charge in [-0.1, -0.05) is 6.92 Å². The van der Waals surface area contributed by atoms with Crippen molar-refractivity contribution in [1.29, 1.82) is 0 Å². The van der Waals surface area contributed by atoms with Gasteiger partial charge in [0.1, 0.15) is 0 Å². The SMILES string of the molecule is C=C(CN1C(C)CCC1CC)[B-](F)(F)F.[K+]. The van der Waals surface area contributed by atoms with E-state index in [0.29, 0.717) is 6.04 Å². The van der Waals surface area contributed by atoms with Gasteiger partial charge >= 0.3 is 58.4 Å². The van der Waals surface area contributed by atoms with Crippen LogP contribution < -0.4 is 51.4 Å². The average molecular weight is 259 g/mol. The summed E-state index contributed by atoms with van der Waals surface area (Å²) in [5, 5.41) is 0. The summed E-state index contributed by atoms with van der Waals surface area (Å²) in [5.41, 5.74) is -0.567. The van der Waals surface area contributed by atoms with E-state index in [2.05, 4.69) is 6.58 Å². The Labute approximate surface area is 138 Å². The van der Waals surface area contributed by atoms with Gasteiger partial charge in [-0.2, -0.15) is 0 Å². The molecule has 88 valence electrons. The van der Waals surface area contributed by atoms with E-state index in [4.69, 9.17) is 0 Å². The summed E-state index contributed by atoms with van der Waals surface area (Å²) in [7, 11) is 0. The normalized spacial score (nSPS) is 26.6. The van der Waals surface area contributed by atoms with E-state index >= 15 is 0 Å². The van der Waals surface area contributed by atoms with Crippen LogP contribution in [0.1, 0.15) is 33.1 Å². The van der Waals surface area contributed by atoms with Gasteiger partial charge in [0.2, 0.25) is 0 Å². The van der Waals surface area contributed by atoms with E-state index in [-0.39, 0.29) is 64.0 Å². The Morgan fingerprint density at radius 3 is 2.38 bits per heavy atom. The third-order valence-corrected chi connectivity index (χ3v) is 3.27. The molecule has 1 heterocycles. The van der Waals surface area contributed by atoms with E-state index in [1.54, 1.807) is 0 Å². The molecule has 0 spiro atoms. The molecule has 2 unspecified atom stereocenters. The second-order valence-electron chi connectivity index (χ2n) is 4.39. The first-order chi connectivity index (χ1) is 6.86. The molecule has 1 nitrogen and oxygen atoms in total. The summed E-state index contributed by atoms with van der Waals surface area (Å²) < 4.78 is 37.2. The van der Waals surface area contributed by atoms with Crippen molar-refractivity contribution in [2.24, 2.45) is 0 Å². The number of halogens is 3. The molecule has 0 N–H and O–H groups in total. The zero-order valence-corrected chi connectivity index (χ0v) is 13.5.